The summed E-state index contributed by atoms with van der Waals surface area (Å²) in [5, 5.41) is 3.54. The molecule has 0 saturated carbocycles. The van der Waals surface area contributed by atoms with E-state index in [1.54, 1.807) is 7.11 Å². The van der Waals surface area contributed by atoms with Crippen LogP contribution in [0.2, 0.25) is 0 Å². The molecule has 3 nitrogen and oxygen atoms in total. The van der Waals surface area contributed by atoms with Crippen LogP contribution in [0.5, 0.6) is 5.75 Å². The number of benzene rings is 1. The summed E-state index contributed by atoms with van der Waals surface area (Å²) in [6, 6.07) is 4.13. The molecule has 1 N–H and O–H groups in total. The molecule has 0 unspecified atom stereocenters. The second kappa shape index (κ2) is 9.13. The molecule has 21 heavy (non-hydrogen) atoms. The van der Waals surface area contributed by atoms with Gasteiger partial charge in [-0.1, -0.05) is 28.8 Å². The van der Waals surface area contributed by atoms with Crippen molar-refractivity contribution in [2.75, 3.05) is 33.3 Å². The van der Waals surface area contributed by atoms with E-state index in [-0.39, 0.29) is 0 Å². The first kappa shape index (κ1) is 17.3. The molecule has 1 heterocycles. The van der Waals surface area contributed by atoms with Crippen LogP contribution in [-0.4, -0.2) is 38.2 Å². The van der Waals surface area contributed by atoms with Crippen LogP contribution in [0.4, 0.5) is 0 Å². The number of hydrogen-bond donors (Lipinski definition) is 1. The third-order valence-corrected chi connectivity index (χ3v) is 4.96. The second-order valence-corrected chi connectivity index (χ2v) is 7.28. The normalized spacial score (nSPS) is 16.7. The Bertz CT molecular complexity index is 446. The van der Waals surface area contributed by atoms with Crippen LogP contribution in [0.1, 0.15) is 31.2 Å². The van der Waals surface area contributed by atoms with Crippen LogP contribution in [0.15, 0.2) is 21.1 Å². The number of likely N-dealkylation sites (tertiary alicyclic amines) is 1. The number of ether oxygens (including phenoxy) is 1. The number of hydrogen-bond acceptors (Lipinski definition) is 3. The van der Waals surface area contributed by atoms with Crippen molar-refractivity contribution in [1.29, 1.82) is 0 Å². The minimum atomic E-state index is 0.828. The molecule has 1 aliphatic rings. The molecule has 0 spiro atoms. The summed E-state index contributed by atoms with van der Waals surface area (Å²) in [5.74, 6) is 0.917. The quantitative estimate of drug-likeness (QED) is 0.699. The van der Waals surface area contributed by atoms with Gasteiger partial charge in [-0.2, -0.15) is 0 Å². The van der Waals surface area contributed by atoms with Gasteiger partial charge in [0.15, 0.2) is 0 Å². The standard InChI is InChI=1S/C16H24Br2N2O/c1-21-16-13(10-14(17)11-15(16)18)12-19-6-9-20-7-4-2-3-5-8-20/h10-11,19H,2-9,12H2,1H3. The van der Waals surface area contributed by atoms with Crippen molar-refractivity contribution < 1.29 is 4.74 Å². The molecule has 0 atom stereocenters. The van der Waals surface area contributed by atoms with Gasteiger partial charge in [0.1, 0.15) is 5.75 Å². The molecule has 1 aromatic rings. The van der Waals surface area contributed by atoms with Crippen molar-refractivity contribution in [2.24, 2.45) is 0 Å². The molecule has 1 aromatic carbocycles. The van der Waals surface area contributed by atoms with Gasteiger partial charge in [-0.25, -0.2) is 0 Å². The molecule has 0 aliphatic carbocycles. The summed E-state index contributed by atoms with van der Waals surface area (Å²) in [4.78, 5) is 2.58. The lowest BCUT2D eigenvalue weighted by atomic mass is 10.2. The third kappa shape index (κ3) is 5.55. The molecular formula is C16H24Br2N2O. The molecule has 1 fully saturated rings. The Hall–Kier alpha value is -0.100. The van der Waals surface area contributed by atoms with Gasteiger partial charge in [0.2, 0.25) is 0 Å². The van der Waals surface area contributed by atoms with E-state index in [0.29, 0.717) is 0 Å². The number of nitrogens with one attached hydrogen (secondary N) is 1. The van der Waals surface area contributed by atoms with E-state index in [1.165, 1.54) is 44.3 Å². The maximum absolute atomic E-state index is 5.48. The van der Waals surface area contributed by atoms with E-state index in [1.807, 2.05) is 6.07 Å². The Balaban J connectivity index is 1.80. The third-order valence-electron chi connectivity index (χ3n) is 3.91. The predicted molar refractivity (Wildman–Crippen MR) is 95.0 cm³/mol. The average molecular weight is 420 g/mol. The maximum atomic E-state index is 5.48. The Morgan fingerprint density at radius 1 is 1.14 bits per heavy atom. The number of halogens is 2. The van der Waals surface area contributed by atoms with Gasteiger partial charge >= 0.3 is 0 Å². The van der Waals surface area contributed by atoms with Gasteiger partial charge in [0.05, 0.1) is 11.6 Å². The van der Waals surface area contributed by atoms with Gasteiger partial charge in [-0.3, -0.25) is 0 Å². The molecule has 5 heteroatoms. The van der Waals surface area contributed by atoms with E-state index in [9.17, 15) is 0 Å². The van der Waals surface area contributed by atoms with Crippen LogP contribution in [0.3, 0.4) is 0 Å². The maximum Gasteiger partial charge on any atom is 0.137 e. The monoisotopic (exact) mass is 418 g/mol. The molecule has 0 radical (unpaired) electrons. The fourth-order valence-electron chi connectivity index (χ4n) is 2.79. The predicted octanol–water partition coefficient (Wildman–Crippen LogP) is 4.19. The van der Waals surface area contributed by atoms with Gasteiger partial charge in [-0.05, 0) is 54.0 Å². The van der Waals surface area contributed by atoms with E-state index >= 15 is 0 Å². The van der Waals surface area contributed by atoms with Crippen LogP contribution in [0.25, 0.3) is 0 Å². The molecular weight excluding hydrogens is 396 g/mol. The van der Waals surface area contributed by atoms with Gasteiger partial charge < -0.3 is 15.0 Å². The number of nitrogens with zero attached hydrogens (tertiary/aromatic N) is 1. The van der Waals surface area contributed by atoms with E-state index in [0.717, 1.165) is 34.3 Å². The average Bonchev–Trinajstić information content (AvgIpc) is 2.72. The fraction of sp³-hybridized carbons (Fsp3) is 0.625. The van der Waals surface area contributed by atoms with Crippen LogP contribution >= 0.6 is 31.9 Å². The van der Waals surface area contributed by atoms with E-state index < -0.39 is 0 Å². The summed E-state index contributed by atoms with van der Waals surface area (Å²) in [6.45, 7) is 5.50. The lowest BCUT2D eigenvalue weighted by Gasteiger charge is -2.20. The molecule has 1 saturated heterocycles. The number of rotatable bonds is 6. The zero-order chi connectivity index (χ0) is 15.1. The van der Waals surface area contributed by atoms with Gasteiger partial charge in [0, 0.05) is 29.7 Å². The summed E-state index contributed by atoms with van der Waals surface area (Å²) in [6.07, 6.45) is 5.50. The Kier molecular flexibility index (Phi) is 7.50. The summed E-state index contributed by atoms with van der Waals surface area (Å²) in [5.41, 5.74) is 1.18. The van der Waals surface area contributed by atoms with Crippen LogP contribution in [0, 0.1) is 0 Å². The highest BCUT2D eigenvalue weighted by Gasteiger charge is 2.10. The fourth-order valence-corrected chi connectivity index (χ4v) is 4.27. The van der Waals surface area contributed by atoms with Gasteiger partial charge in [-0.15, -0.1) is 0 Å². The summed E-state index contributed by atoms with van der Waals surface area (Å²) in [7, 11) is 1.72. The first-order valence-electron chi connectivity index (χ1n) is 7.65. The van der Waals surface area contributed by atoms with Crippen LogP contribution in [-0.2, 0) is 6.54 Å². The highest BCUT2D eigenvalue weighted by molar-refractivity contribution is 9.11. The second-order valence-electron chi connectivity index (χ2n) is 5.51. The van der Waals surface area contributed by atoms with E-state index in [2.05, 4.69) is 48.1 Å². The smallest absolute Gasteiger partial charge is 0.137 e. The number of methoxy groups -OCH3 is 1. The first-order valence-corrected chi connectivity index (χ1v) is 9.24. The van der Waals surface area contributed by atoms with Crippen molar-refractivity contribution in [3.8, 4) is 5.75 Å². The Labute approximate surface area is 144 Å². The minimum absolute atomic E-state index is 0.828. The highest BCUT2D eigenvalue weighted by atomic mass is 79.9. The lowest BCUT2D eigenvalue weighted by molar-refractivity contribution is 0.284. The molecule has 118 valence electrons. The van der Waals surface area contributed by atoms with Crippen molar-refractivity contribution in [2.45, 2.75) is 32.2 Å². The van der Waals surface area contributed by atoms with Crippen LogP contribution < -0.4 is 10.1 Å². The molecule has 1 aliphatic heterocycles. The zero-order valence-corrected chi connectivity index (χ0v) is 15.8. The molecule has 0 aromatic heterocycles. The summed E-state index contributed by atoms with van der Waals surface area (Å²) < 4.78 is 7.54. The van der Waals surface area contributed by atoms with Crippen molar-refractivity contribution in [1.82, 2.24) is 10.2 Å². The Morgan fingerprint density at radius 2 is 1.86 bits per heavy atom. The Morgan fingerprint density at radius 3 is 2.52 bits per heavy atom. The van der Waals surface area contributed by atoms with Crippen molar-refractivity contribution >= 4 is 31.9 Å². The molecule has 0 amide bonds. The topological polar surface area (TPSA) is 24.5 Å². The lowest BCUT2D eigenvalue weighted by Crippen LogP contribution is -2.32. The zero-order valence-electron chi connectivity index (χ0n) is 12.6. The highest BCUT2D eigenvalue weighted by Crippen LogP contribution is 2.32. The van der Waals surface area contributed by atoms with Crippen molar-refractivity contribution in [3.63, 3.8) is 0 Å². The van der Waals surface area contributed by atoms with E-state index in [4.69, 9.17) is 4.74 Å². The summed E-state index contributed by atoms with van der Waals surface area (Å²) >= 11 is 7.08. The molecule has 0 bridgehead atoms. The first-order chi connectivity index (χ1) is 10.2. The van der Waals surface area contributed by atoms with Gasteiger partial charge in [0.25, 0.3) is 0 Å². The SMILES string of the molecule is COc1c(Br)cc(Br)cc1CNCCN1CCCCCC1. The van der Waals surface area contributed by atoms with Crippen molar-refractivity contribution in [3.05, 3.63) is 26.6 Å². The minimum Gasteiger partial charge on any atom is -0.495 e. The largest absolute Gasteiger partial charge is 0.495 e. The molecule has 2 rings (SSSR count).